The van der Waals surface area contributed by atoms with Crippen LogP contribution in [0.3, 0.4) is 0 Å². The second kappa shape index (κ2) is 12.4. The molecule has 0 heterocycles. The molecule has 1 atom stereocenters. The van der Waals surface area contributed by atoms with Crippen LogP contribution in [0, 0.1) is 6.92 Å². The van der Waals surface area contributed by atoms with E-state index in [1.807, 2.05) is 37.3 Å². The number of ether oxygens (including phenoxy) is 1. The molecule has 1 unspecified atom stereocenters. The highest BCUT2D eigenvalue weighted by Crippen LogP contribution is 2.32. The summed E-state index contributed by atoms with van der Waals surface area (Å²) in [6.45, 7) is 3.22. The second-order valence-electron chi connectivity index (χ2n) is 8.61. The lowest BCUT2D eigenvalue weighted by Crippen LogP contribution is -2.51. The summed E-state index contributed by atoms with van der Waals surface area (Å²) in [6.07, 6.45) is 0.507. The van der Waals surface area contributed by atoms with E-state index in [4.69, 9.17) is 4.74 Å². The zero-order chi connectivity index (χ0) is 27.0. The molecule has 0 bridgehead atoms. The van der Waals surface area contributed by atoms with Crippen molar-refractivity contribution in [3.8, 4) is 5.75 Å². The maximum atomic E-state index is 13.8. The molecule has 0 radical (unpaired) electrons. The van der Waals surface area contributed by atoms with Crippen molar-refractivity contribution in [1.82, 2.24) is 10.2 Å². The van der Waals surface area contributed by atoms with Crippen LogP contribution in [0.4, 0.5) is 5.69 Å². The van der Waals surface area contributed by atoms with Gasteiger partial charge in [0.1, 0.15) is 18.3 Å². The standard InChI is InChI=1S/C28H33N3O5S/c1-21-14-16-24(17-15-21)37(34,35)31(25-12-8-9-13-26(25)36-4)20-27(32)30(22(2)28(33)29-3)19-18-23-10-6-5-7-11-23/h5-17,22H,18-20H2,1-4H3,(H,29,33). The van der Waals surface area contributed by atoms with Crippen LogP contribution in [0.25, 0.3) is 0 Å². The predicted octanol–water partition coefficient (Wildman–Crippen LogP) is 3.40. The van der Waals surface area contributed by atoms with Gasteiger partial charge in [-0.2, -0.15) is 0 Å². The number of amides is 2. The molecule has 1 N–H and O–H groups in total. The molecule has 3 aromatic rings. The van der Waals surface area contributed by atoms with E-state index in [1.54, 1.807) is 43.3 Å². The van der Waals surface area contributed by atoms with Gasteiger partial charge in [-0.15, -0.1) is 0 Å². The zero-order valence-electron chi connectivity index (χ0n) is 21.5. The average Bonchev–Trinajstić information content (AvgIpc) is 2.91. The lowest BCUT2D eigenvalue weighted by molar-refractivity contribution is -0.138. The minimum absolute atomic E-state index is 0.0481. The number of hydrogen-bond donors (Lipinski definition) is 1. The summed E-state index contributed by atoms with van der Waals surface area (Å²) < 4.78 is 34.1. The molecule has 0 saturated heterocycles. The third-order valence-corrected chi connectivity index (χ3v) is 7.91. The van der Waals surface area contributed by atoms with Gasteiger partial charge in [-0.05, 0) is 50.1 Å². The summed E-state index contributed by atoms with van der Waals surface area (Å²) >= 11 is 0. The Morgan fingerprint density at radius 2 is 1.57 bits per heavy atom. The third kappa shape index (κ3) is 6.68. The van der Waals surface area contributed by atoms with Crippen molar-refractivity contribution in [2.24, 2.45) is 0 Å². The number of rotatable bonds is 11. The highest BCUT2D eigenvalue weighted by Gasteiger charge is 2.33. The monoisotopic (exact) mass is 523 g/mol. The van der Waals surface area contributed by atoms with Crippen molar-refractivity contribution < 1.29 is 22.7 Å². The van der Waals surface area contributed by atoms with Crippen molar-refractivity contribution >= 4 is 27.5 Å². The quantitative estimate of drug-likeness (QED) is 0.416. The number of carbonyl (C=O) groups excluding carboxylic acids is 2. The Balaban J connectivity index is 2.01. The van der Waals surface area contributed by atoms with Gasteiger partial charge in [0.2, 0.25) is 11.8 Å². The lowest BCUT2D eigenvalue weighted by atomic mass is 10.1. The molecule has 0 aliphatic carbocycles. The topological polar surface area (TPSA) is 96.0 Å². The lowest BCUT2D eigenvalue weighted by Gasteiger charge is -2.32. The molecular formula is C28H33N3O5S. The number of benzene rings is 3. The first kappa shape index (κ1) is 27.7. The van der Waals surface area contributed by atoms with Crippen LogP contribution in [0.5, 0.6) is 5.75 Å². The number of likely N-dealkylation sites (N-methyl/N-ethyl adjacent to an activating group) is 1. The van der Waals surface area contributed by atoms with Gasteiger partial charge in [0.05, 0.1) is 17.7 Å². The number of hydrogen-bond acceptors (Lipinski definition) is 5. The van der Waals surface area contributed by atoms with Crippen molar-refractivity contribution in [2.45, 2.75) is 31.2 Å². The van der Waals surface area contributed by atoms with Crippen LogP contribution >= 0.6 is 0 Å². The Bertz CT molecular complexity index is 1310. The van der Waals surface area contributed by atoms with Gasteiger partial charge < -0.3 is 15.0 Å². The summed E-state index contributed by atoms with van der Waals surface area (Å²) in [5.74, 6) is -0.540. The summed E-state index contributed by atoms with van der Waals surface area (Å²) in [4.78, 5) is 27.7. The second-order valence-corrected chi connectivity index (χ2v) is 10.5. The molecule has 8 nitrogen and oxygen atoms in total. The van der Waals surface area contributed by atoms with Crippen LogP contribution in [-0.2, 0) is 26.0 Å². The van der Waals surface area contributed by atoms with E-state index in [0.29, 0.717) is 12.2 Å². The first-order valence-electron chi connectivity index (χ1n) is 12.0. The first-order chi connectivity index (χ1) is 17.7. The summed E-state index contributed by atoms with van der Waals surface area (Å²) in [7, 11) is -1.20. The minimum Gasteiger partial charge on any atom is -0.495 e. The maximum Gasteiger partial charge on any atom is 0.264 e. The zero-order valence-corrected chi connectivity index (χ0v) is 22.4. The number of nitrogens with zero attached hydrogens (tertiary/aromatic N) is 2. The van der Waals surface area contributed by atoms with Crippen LogP contribution in [0.1, 0.15) is 18.1 Å². The Labute approximate surface area is 218 Å². The number of nitrogens with one attached hydrogen (secondary N) is 1. The highest BCUT2D eigenvalue weighted by atomic mass is 32.2. The fraction of sp³-hybridized carbons (Fsp3) is 0.286. The number of sulfonamides is 1. The van der Waals surface area contributed by atoms with Gasteiger partial charge in [-0.3, -0.25) is 13.9 Å². The Kier molecular flexibility index (Phi) is 9.30. The van der Waals surface area contributed by atoms with Crippen LogP contribution in [0.2, 0.25) is 0 Å². The van der Waals surface area contributed by atoms with Crippen LogP contribution in [0.15, 0.2) is 83.8 Å². The Hall–Kier alpha value is -3.85. The van der Waals surface area contributed by atoms with Crippen molar-refractivity contribution in [1.29, 1.82) is 0 Å². The average molecular weight is 524 g/mol. The molecule has 0 fully saturated rings. The molecule has 196 valence electrons. The summed E-state index contributed by atoms with van der Waals surface area (Å²) in [5, 5.41) is 2.58. The van der Waals surface area contributed by atoms with E-state index in [2.05, 4.69) is 5.32 Å². The number of aryl methyl sites for hydroxylation is 1. The van der Waals surface area contributed by atoms with Crippen molar-refractivity contribution in [3.05, 3.63) is 90.0 Å². The molecule has 0 saturated carbocycles. The molecule has 9 heteroatoms. The summed E-state index contributed by atoms with van der Waals surface area (Å²) in [5.41, 5.74) is 2.14. The predicted molar refractivity (Wildman–Crippen MR) is 144 cm³/mol. The van der Waals surface area contributed by atoms with Gasteiger partial charge in [0.15, 0.2) is 0 Å². The Morgan fingerprint density at radius 3 is 2.19 bits per heavy atom. The van der Waals surface area contributed by atoms with E-state index < -0.39 is 28.5 Å². The van der Waals surface area contributed by atoms with E-state index in [0.717, 1.165) is 15.4 Å². The fourth-order valence-corrected chi connectivity index (χ4v) is 5.39. The molecule has 0 aromatic heterocycles. The van der Waals surface area contributed by atoms with Crippen molar-refractivity contribution in [3.63, 3.8) is 0 Å². The SMILES string of the molecule is CNC(=O)C(C)N(CCc1ccccc1)C(=O)CN(c1ccccc1OC)S(=O)(=O)c1ccc(C)cc1. The molecule has 3 aromatic carbocycles. The number of methoxy groups -OCH3 is 1. The van der Waals surface area contributed by atoms with Crippen molar-refractivity contribution in [2.75, 3.05) is 31.6 Å². The molecule has 3 rings (SSSR count). The molecule has 0 aliphatic heterocycles. The van der Waals surface area contributed by atoms with Gasteiger partial charge in [-0.25, -0.2) is 8.42 Å². The van der Waals surface area contributed by atoms with E-state index in [9.17, 15) is 18.0 Å². The molecule has 0 spiro atoms. The number of anilines is 1. The molecule has 0 aliphatic rings. The van der Waals surface area contributed by atoms with E-state index in [-0.39, 0.29) is 23.0 Å². The van der Waals surface area contributed by atoms with Crippen LogP contribution in [-0.4, -0.2) is 58.4 Å². The van der Waals surface area contributed by atoms with Gasteiger partial charge in [-0.1, -0.05) is 60.2 Å². The Morgan fingerprint density at radius 1 is 0.946 bits per heavy atom. The smallest absolute Gasteiger partial charge is 0.264 e. The third-order valence-electron chi connectivity index (χ3n) is 6.14. The van der Waals surface area contributed by atoms with E-state index in [1.165, 1.54) is 31.2 Å². The maximum absolute atomic E-state index is 13.8. The summed E-state index contributed by atoms with van der Waals surface area (Å²) in [6, 6.07) is 21.9. The highest BCUT2D eigenvalue weighted by molar-refractivity contribution is 7.92. The van der Waals surface area contributed by atoms with E-state index >= 15 is 0 Å². The van der Waals surface area contributed by atoms with Gasteiger partial charge in [0.25, 0.3) is 10.0 Å². The molecule has 37 heavy (non-hydrogen) atoms. The normalized spacial score (nSPS) is 11.9. The molecule has 2 amide bonds. The molecular weight excluding hydrogens is 490 g/mol. The minimum atomic E-state index is -4.15. The number of para-hydroxylation sites is 2. The van der Waals surface area contributed by atoms with Crippen LogP contribution < -0.4 is 14.4 Å². The van der Waals surface area contributed by atoms with Gasteiger partial charge in [0, 0.05) is 13.6 Å². The fourth-order valence-electron chi connectivity index (χ4n) is 3.97. The largest absolute Gasteiger partial charge is 0.495 e. The number of carbonyl (C=O) groups is 2. The van der Waals surface area contributed by atoms with Gasteiger partial charge >= 0.3 is 0 Å². The first-order valence-corrected chi connectivity index (χ1v) is 13.4.